The van der Waals surface area contributed by atoms with Gasteiger partial charge in [-0.05, 0) is 68.6 Å². The maximum Gasteiger partial charge on any atom is 0.307 e. The number of amides is 1. The number of carboxylic acid groups (broad SMARTS) is 1. The maximum absolute atomic E-state index is 13.1. The number of likely N-dealkylation sites (tertiary alicyclic amines) is 1. The van der Waals surface area contributed by atoms with Gasteiger partial charge in [-0.25, -0.2) is 0 Å². The normalized spacial score (nSPS) is 24.7. The largest absolute Gasteiger partial charge is 0.490 e. The van der Waals surface area contributed by atoms with Gasteiger partial charge in [0.1, 0.15) is 5.75 Å². The van der Waals surface area contributed by atoms with Crippen molar-refractivity contribution in [3.8, 4) is 5.75 Å². The Balaban J connectivity index is 1.46. The quantitative estimate of drug-likeness (QED) is 0.861. The summed E-state index contributed by atoms with van der Waals surface area (Å²) in [6.45, 7) is 1.19. The van der Waals surface area contributed by atoms with E-state index in [4.69, 9.17) is 16.3 Å². The molecule has 1 N–H and O–H groups in total. The predicted octanol–water partition coefficient (Wildman–Crippen LogP) is 3.99. The van der Waals surface area contributed by atoms with Gasteiger partial charge in [0.05, 0.1) is 17.6 Å². The number of hydrogen-bond donors (Lipinski definition) is 1. The zero-order valence-electron chi connectivity index (χ0n) is 14.7. The Hall–Kier alpha value is -1.75. The number of ether oxygens (including phenoxy) is 1. The van der Waals surface area contributed by atoms with Gasteiger partial charge in [0.15, 0.2) is 0 Å². The molecule has 0 aromatic heterocycles. The Morgan fingerprint density at radius 1 is 1.19 bits per heavy atom. The van der Waals surface area contributed by atoms with Crippen LogP contribution in [0.4, 0.5) is 0 Å². The fourth-order valence-corrected chi connectivity index (χ4v) is 4.70. The minimum absolute atomic E-state index is 0.0668. The molecule has 2 saturated carbocycles. The van der Waals surface area contributed by atoms with Crippen molar-refractivity contribution in [2.75, 3.05) is 13.1 Å². The second-order valence-electron chi connectivity index (χ2n) is 7.91. The lowest BCUT2D eigenvalue weighted by molar-refractivity contribution is -0.139. The first-order chi connectivity index (χ1) is 12.5. The summed E-state index contributed by atoms with van der Waals surface area (Å²) in [5, 5.41) is 9.74. The van der Waals surface area contributed by atoms with Crippen molar-refractivity contribution >= 4 is 23.5 Å². The van der Waals surface area contributed by atoms with Gasteiger partial charge in [-0.15, -0.1) is 0 Å². The van der Waals surface area contributed by atoms with E-state index in [0.29, 0.717) is 29.4 Å². The van der Waals surface area contributed by atoms with E-state index >= 15 is 0 Å². The Morgan fingerprint density at radius 3 is 2.50 bits per heavy atom. The number of nitrogens with zero attached hydrogens (tertiary/aromatic N) is 1. The van der Waals surface area contributed by atoms with Gasteiger partial charge in [0, 0.05) is 18.1 Å². The van der Waals surface area contributed by atoms with E-state index in [2.05, 4.69) is 0 Å². The number of benzene rings is 1. The Morgan fingerprint density at radius 2 is 1.88 bits per heavy atom. The van der Waals surface area contributed by atoms with Crippen molar-refractivity contribution in [3.63, 3.8) is 0 Å². The molecule has 2 aliphatic carbocycles. The molecular formula is C20H24ClNO4. The van der Waals surface area contributed by atoms with Crippen molar-refractivity contribution in [2.45, 2.75) is 51.0 Å². The van der Waals surface area contributed by atoms with Crippen LogP contribution in [0.25, 0.3) is 0 Å². The van der Waals surface area contributed by atoms with Crippen molar-refractivity contribution in [1.82, 2.24) is 4.90 Å². The molecule has 1 aliphatic heterocycles. The molecule has 1 saturated heterocycles. The molecule has 1 spiro atoms. The summed E-state index contributed by atoms with van der Waals surface area (Å²) in [6.07, 6.45) is 6.83. The van der Waals surface area contributed by atoms with Gasteiger partial charge >= 0.3 is 5.97 Å². The first-order valence-electron chi connectivity index (χ1n) is 9.47. The lowest BCUT2D eigenvalue weighted by Gasteiger charge is -2.33. The molecule has 0 radical (unpaired) electrons. The van der Waals surface area contributed by atoms with Crippen LogP contribution in [0.2, 0.25) is 5.02 Å². The van der Waals surface area contributed by atoms with Crippen LogP contribution in [0.5, 0.6) is 5.75 Å². The van der Waals surface area contributed by atoms with Crippen molar-refractivity contribution in [3.05, 3.63) is 28.8 Å². The number of hydrogen-bond acceptors (Lipinski definition) is 3. The summed E-state index contributed by atoms with van der Waals surface area (Å²) < 4.78 is 6.09. The summed E-state index contributed by atoms with van der Waals surface area (Å²) >= 11 is 6.13. The first kappa shape index (κ1) is 17.7. The average Bonchev–Trinajstić information content (AvgIpc) is 3.08. The highest BCUT2D eigenvalue weighted by atomic mass is 35.5. The van der Waals surface area contributed by atoms with E-state index in [1.165, 1.54) is 12.8 Å². The number of carbonyl (C=O) groups excluding carboxylic acids is 1. The van der Waals surface area contributed by atoms with E-state index in [-0.39, 0.29) is 23.3 Å². The molecule has 5 nitrogen and oxygen atoms in total. The van der Waals surface area contributed by atoms with Crippen LogP contribution in [0.15, 0.2) is 18.2 Å². The third kappa shape index (κ3) is 3.29. The first-order valence-corrected chi connectivity index (χ1v) is 9.85. The molecule has 4 rings (SSSR count). The summed E-state index contributed by atoms with van der Waals surface area (Å²) in [5.74, 6) is -0.386. The van der Waals surface area contributed by atoms with Crippen LogP contribution in [0.3, 0.4) is 0 Å². The highest BCUT2D eigenvalue weighted by molar-refractivity contribution is 6.31. The Kier molecular flexibility index (Phi) is 4.59. The van der Waals surface area contributed by atoms with Gasteiger partial charge in [0.2, 0.25) is 0 Å². The van der Waals surface area contributed by atoms with Crippen LogP contribution in [0.1, 0.15) is 55.3 Å². The summed E-state index contributed by atoms with van der Waals surface area (Å²) in [4.78, 5) is 26.1. The third-order valence-corrected chi connectivity index (χ3v) is 6.54. The maximum atomic E-state index is 13.1. The van der Waals surface area contributed by atoms with Crippen LogP contribution in [0, 0.1) is 11.3 Å². The number of carboxylic acids is 1. The second-order valence-corrected chi connectivity index (χ2v) is 8.35. The highest BCUT2D eigenvalue weighted by Gasteiger charge is 2.59. The molecule has 1 unspecified atom stereocenters. The molecule has 1 aromatic rings. The molecule has 1 amide bonds. The minimum atomic E-state index is -0.702. The fraction of sp³-hybridized carbons (Fsp3) is 0.600. The fourth-order valence-electron chi connectivity index (χ4n) is 4.53. The predicted molar refractivity (Wildman–Crippen MR) is 97.6 cm³/mol. The minimum Gasteiger partial charge on any atom is -0.490 e. The van der Waals surface area contributed by atoms with Crippen molar-refractivity contribution in [2.24, 2.45) is 11.3 Å². The molecular weight excluding hydrogens is 354 g/mol. The molecule has 3 fully saturated rings. The monoisotopic (exact) mass is 377 g/mol. The van der Waals surface area contributed by atoms with Crippen LogP contribution >= 0.6 is 11.6 Å². The Bertz CT molecular complexity index is 721. The van der Waals surface area contributed by atoms with Crippen molar-refractivity contribution < 1.29 is 19.4 Å². The van der Waals surface area contributed by atoms with E-state index < -0.39 is 5.97 Å². The van der Waals surface area contributed by atoms with Gasteiger partial charge in [0.25, 0.3) is 5.91 Å². The molecule has 0 bridgehead atoms. The van der Waals surface area contributed by atoms with E-state index in [1.54, 1.807) is 18.2 Å². The SMILES string of the molecule is O=C(O)C1CC12CCN(C(=O)c1cc(Cl)ccc1OC1CCCC1)CC2. The van der Waals surface area contributed by atoms with Gasteiger partial charge in [-0.2, -0.15) is 0 Å². The van der Waals surface area contributed by atoms with E-state index in [9.17, 15) is 14.7 Å². The zero-order chi connectivity index (χ0) is 18.3. The summed E-state index contributed by atoms with van der Waals surface area (Å²) in [5.41, 5.74) is 0.436. The summed E-state index contributed by atoms with van der Waals surface area (Å²) in [6, 6.07) is 5.24. The third-order valence-electron chi connectivity index (χ3n) is 6.30. The molecule has 26 heavy (non-hydrogen) atoms. The molecule has 3 aliphatic rings. The number of aliphatic carboxylic acids is 1. The van der Waals surface area contributed by atoms with Gasteiger partial charge in [-0.1, -0.05) is 11.6 Å². The van der Waals surface area contributed by atoms with Crippen LogP contribution in [-0.4, -0.2) is 41.1 Å². The van der Waals surface area contributed by atoms with Gasteiger partial charge in [-0.3, -0.25) is 9.59 Å². The smallest absolute Gasteiger partial charge is 0.307 e. The molecule has 1 aromatic carbocycles. The number of piperidine rings is 1. The van der Waals surface area contributed by atoms with E-state index in [1.807, 2.05) is 4.90 Å². The van der Waals surface area contributed by atoms with E-state index in [0.717, 1.165) is 32.1 Å². The molecule has 1 heterocycles. The molecule has 1 atom stereocenters. The number of halogens is 1. The van der Waals surface area contributed by atoms with Gasteiger partial charge < -0.3 is 14.7 Å². The Labute approximate surface area is 158 Å². The standard InChI is InChI=1S/C20H24ClNO4/c21-13-5-6-17(26-14-3-1-2-4-14)15(11-13)18(23)22-9-7-20(8-10-22)12-16(20)19(24)25/h5-6,11,14,16H,1-4,7-10,12H2,(H,24,25). The number of carbonyl (C=O) groups is 2. The lowest BCUT2D eigenvalue weighted by atomic mass is 9.90. The second kappa shape index (κ2) is 6.76. The van der Waals surface area contributed by atoms with Crippen LogP contribution < -0.4 is 4.74 Å². The van der Waals surface area contributed by atoms with Crippen LogP contribution in [-0.2, 0) is 4.79 Å². The average molecular weight is 378 g/mol. The lowest BCUT2D eigenvalue weighted by Crippen LogP contribution is -2.40. The molecule has 6 heteroatoms. The summed E-state index contributed by atoms with van der Waals surface area (Å²) in [7, 11) is 0. The highest BCUT2D eigenvalue weighted by Crippen LogP contribution is 2.59. The molecule has 140 valence electrons. The topological polar surface area (TPSA) is 66.8 Å². The number of rotatable bonds is 4. The zero-order valence-corrected chi connectivity index (χ0v) is 15.5. The van der Waals surface area contributed by atoms with Crippen molar-refractivity contribution in [1.29, 1.82) is 0 Å².